The summed E-state index contributed by atoms with van der Waals surface area (Å²) in [7, 11) is -2.99. The minimum atomic E-state index is -2.99. The van der Waals surface area contributed by atoms with Crippen molar-refractivity contribution in [3.8, 4) is 5.75 Å². The van der Waals surface area contributed by atoms with Gasteiger partial charge >= 0.3 is 0 Å². The summed E-state index contributed by atoms with van der Waals surface area (Å²) in [6, 6.07) is 6.56. The Morgan fingerprint density at radius 3 is 2.33 bits per heavy atom. The summed E-state index contributed by atoms with van der Waals surface area (Å²) in [6.45, 7) is 5.86. The van der Waals surface area contributed by atoms with Crippen molar-refractivity contribution in [2.24, 2.45) is 0 Å². The molecule has 1 aliphatic heterocycles. The van der Waals surface area contributed by atoms with E-state index in [1.807, 2.05) is 20.8 Å². The van der Waals surface area contributed by atoms with Gasteiger partial charge < -0.3 is 10.1 Å². The van der Waals surface area contributed by atoms with E-state index in [-0.39, 0.29) is 29.1 Å². The average molecular weight is 311 g/mol. The molecule has 0 aliphatic carbocycles. The van der Waals surface area contributed by atoms with Crippen LogP contribution in [0.15, 0.2) is 24.3 Å². The summed E-state index contributed by atoms with van der Waals surface area (Å²) in [5.74, 6) is 0.627. The molecule has 2 rings (SSSR count). The van der Waals surface area contributed by atoms with Crippen molar-refractivity contribution in [1.82, 2.24) is 5.32 Å². The molecule has 5 nitrogen and oxygen atoms in total. The molecule has 1 atom stereocenters. The van der Waals surface area contributed by atoms with Gasteiger partial charge in [0.2, 0.25) is 0 Å². The van der Waals surface area contributed by atoms with Gasteiger partial charge in [0.1, 0.15) is 11.4 Å². The van der Waals surface area contributed by atoms with Gasteiger partial charge in [-0.2, -0.15) is 0 Å². The molecule has 1 fully saturated rings. The largest absolute Gasteiger partial charge is 0.488 e. The van der Waals surface area contributed by atoms with Crippen LogP contribution in [0.4, 0.5) is 0 Å². The molecule has 1 N–H and O–H groups in total. The van der Waals surface area contributed by atoms with Crippen LogP contribution in [0.3, 0.4) is 0 Å². The molecule has 1 aromatic rings. The van der Waals surface area contributed by atoms with Crippen LogP contribution in [0, 0.1) is 0 Å². The quantitative estimate of drug-likeness (QED) is 0.923. The Morgan fingerprint density at radius 2 is 1.86 bits per heavy atom. The highest BCUT2D eigenvalue weighted by molar-refractivity contribution is 7.91. The molecule has 1 saturated heterocycles. The Morgan fingerprint density at radius 1 is 1.24 bits per heavy atom. The molecule has 1 aliphatic rings. The molecular weight excluding hydrogens is 290 g/mol. The highest BCUT2D eigenvalue weighted by Crippen LogP contribution is 2.19. The maximum atomic E-state index is 12.1. The fourth-order valence-corrected chi connectivity index (χ4v) is 3.88. The Kier molecular flexibility index (Phi) is 4.27. The van der Waals surface area contributed by atoms with Gasteiger partial charge in [-0.25, -0.2) is 8.42 Å². The van der Waals surface area contributed by atoms with Crippen molar-refractivity contribution in [2.45, 2.75) is 38.8 Å². The summed E-state index contributed by atoms with van der Waals surface area (Å²) < 4.78 is 28.4. The fraction of sp³-hybridized carbons (Fsp3) is 0.533. The van der Waals surface area contributed by atoms with Crippen molar-refractivity contribution in [3.63, 3.8) is 0 Å². The average Bonchev–Trinajstić information content (AvgIpc) is 2.67. The zero-order valence-electron chi connectivity index (χ0n) is 12.5. The van der Waals surface area contributed by atoms with Crippen LogP contribution >= 0.6 is 0 Å². The highest BCUT2D eigenvalue weighted by atomic mass is 32.2. The lowest BCUT2D eigenvalue weighted by Gasteiger charge is -2.21. The van der Waals surface area contributed by atoms with Crippen LogP contribution in [0.2, 0.25) is 0 Å². The monoisotopic (exact) mass is 311 g/mol. The van der Waals surface area contributed by atoms with E-state index in [1.165, 1.54) is 0 Å². The van der Waals surface area contributed by atoms with Crippen molar-refractivity contribution in [3.05, 3.63) is 29.8 Å². The van der Waals surface area contributed by atoms with Crippen LogP contribution in [0.25, 0.3) is 0 Å². The number of ether oxygens (including phenoxy) is 1. The summed E-state index contributed by atoms with van der Waals surface area (Å²) >= 11 is 0. The first-order chi connectivity index (χ1) is 9.65. The third-order valence-electron chi connectivity index (χ3n) is 3.11. The van der Waals surface area contributed by atoms with E-state index >= 15 is 0 Å². The third kappa shape index (κ3) is 4.74. The van der Waals surface area contributed by atoms with E-state index in [9.17, 15) is 13.2 Å². The maximum absolute atomic E-state index is 12.1. The second-order valence-corrected chi connectivity index (χ2v) is 8.54. The van der Waals surface area contributed by atoms with Gasteiger partial charge in [-0.05, 0) is 51.5 Å². The van der Waals surface area contributed by atoms with Crippen molar-refractivity contribution in [2.75, 3.05) is 11.5 Å². The van der Waals surface area contributed by atoms with Gasteiger partial charge in [0.15, 0.2) is 9.84 Å². The molecule has 1 amide bonds. The molecule has 1 unspecified atom stereocenters. The first-order valence-corrected chi connectivity index (χ1v) is 8.77. The van der Waals surface area contributed by atoms with E-state index < -0.39 is 9.84 Å². The second-order valence-electron chi connectivity index (χ2n) is 6.31. The molecule has 21 heavy (non-hydrogen) atoms. The SMILES string of the molecule is CC(C)(C)Oc1ccc(C(=O)NC2CCS(=O)(=O)C2)cc1. The van der Waals surface area contributed by atoms with Crippen LogP contribution in [-0.2, 0) is 9.84 Å². The summed E-state index contributed by atoms with van der Waals surface area (Å²) in [5.41, 5.74) is 0.211. The van der Waals surface area contributed by atoms with Gasteiger partial charge in [0, 0.05) is 11.6 Å². The zero-order valence-corrected chi connectivity index (χ0v) is 13.4. The molecule has 0 saturated carbocycles. The van der Waals surface area contributed by atoms with E-state index in [1.54, 1.807) is 24.3 Å². The Labute approximate surface area is 125 Å². The minimum absolute atomic E-state index is 0.0317. The number of carbonyl (C=O) groups is 1. The second kappa shape index (κ2) is 5.67. The number of sulfone groups is 1. The Balaban J connectivity index is 1.97. The van der Waals surface area contributed by atoms with E-state index in [4.69, 9.17) is 4.74 Å². The summed E-state index contributed by atoms with van der Waals surface area (Å²) in [5, 5.41) is 2.76. The topological polar surface area (TPSA) is 72.5 Å². The lowest BCUT2D eigenvalue weighted by molar-refractivity contribution is 0.0941. The van der Waals surface area contributed by atoms with Crippen LogP contribution in [-0.4, -0.2) is 37.5 Å². The Hall–Kier alpha value is -1.56. The number of benzene rings is 1. The smallest absolute Gasteiger partial charge is 0.251 e. The number of nitrogens with one attached hydrogen (secondary N) is 1. The molecule has 0 bridgehead atoms. The lowest BCUT2D eigenvalue weighted by atomic mass is 10.1. The molecule has 0 aromatic heterocycles. The predicted molar refractivity (Wildman–Crippen MR) is 81.3 cm³/mol. The van der Waals surface area contributed by atoms with E-state index in [0.29, 0.717) is 17.7 Å². The summed E-state index contributed by atoms with van der Waals surface area (Å²) in [6.07, 6.45) is 0.485. The molecule has 0 spiro atoms. The van der Waals surface area contributed by atoms with Gasteiger partial charge in [-0.3, -0.25) is 4.79 Å². The minimum Gasteiger partial charge on any atom is -0.488 e. The van der Waals surface area contributed by atoms with Crippen LogP contribution < -0.4 is 10.1 Å². The van der Waals surface area contributed by atoms with Crippen LogP contribution in [0.1, 0.15) is 37.6 Å². The molecule has 6 heteroatoms. The lowest BCUT2D eigenvalue weighted by Crippen LogP contribution is -2.35. The molecule has 0 radical (unpaired) electrons. The number of hydrogen-bond donors (Lipinski definition) is 1. The highest BCUT2D eigenvalue weighted by Gasteiger charge is 2.29. The van der Waals surface area contributed by atoms with Crippen LogP contribution in [0.5, 0.6) is 5.75 Å². The maximum Gasteiger partial charge on any atom is 0.251 e. The van der Waals surface area contributed by atoms with E-state index in [2.05, 4.69) is 5.32 Å². The fourth-order valence-electron chi connectivity index (χ4n) is 2.21. The van der Waals surface area contributed by atoms with Crippen molar-refractivity contribution < 1.29 is 17.9 Å². The predicted octanol–water partition coefficient (Wildman–Crippen LogP) is 1.78. The van der Waals surface area contributed by atoms with Gasteiger partial charge in [0.25, 0.3) is 5.91 Å². The first-order valence-electron chi connectivity index (χ1n) is 6.95. The Bertz CT molecular complexity index is 614. The summed E-state index contributed by atoms with van der Waals surface area (Å²) in [4.78, 5) is 12.1. The molecular formula is C15H21NO4S. The normalized spacial score (nSPS) is 21.0. The standard InChI is InChI=1S/C15H21NO4S/c1-15(2,3)20-13-6-4-11(5-7-13)14(17)16-12-8-9-21(18,19)10-12/h4-7,12H,8-10H2,1-3H3,(H,16,17). The number of amides is 1. The number of carbonyl (C=O) groups excluding carboxylic acids is 1. The molecule has 116 valence electrons. The first kappa shape index (κ1) is 15.8. The van der Waals surface area contributed by atoms with Gasteiger partial charge in [0.05, 0.1) is 11.5 Å². The molecule has 1 heterocycles. The number of hydrogen-bond acceptors (Lipinski definition) is 4. The van der Waals surface area contributed by atoms with E-state index in [0.717, 1.165) is 0 Å². The number of rotatable bonds is 3. The van der Waals surface area contributed by atoms with Crippen molar-refractivity contribution >= 4 is 15.7 Å². The van der Waals surface area contributed by atoms with Gasteiger partial charge in [-0.1, -0.05) is 0 Å². The molecule has 1 aromatic carbocycles. The third-order valence-corrected chi connectivity index (χ3v) is 4.88. The zero-order chi connectivity index (χ0) is 15.7. The van der Waals surface area contributed by atoms with Crippen molar-refractivity contribution in [1.29, 1.82) is 0 Å². The van der Waals surface area contributed by atoms with Gasteiger partial charge in [-0.15, -0.1) is 0 Å².